The molecule has 2 aromatic rings. The first-order chi connectivity index (χ1) is 8.95. The normalized spacial score (nSPS) is 12.4. The molecule has 0 aliphatic carbocycles. The Morgan fingerprint density at radius 1 is 1.00 bits per heavy atom. The predicted molar refractivity (Wildman–Crippen MR) is 67.3 cm³/mol. The van der Waals surface area contributed by atoms with E-state index in [0.29, 0.717) is 11.6 Å². The van der Waals surface area contributed by atoms with E-state index < -0.39 is 28.3 Å². The first-order valence-electron chi connectivity index (χ1n) is 5.34. The maximum Gasteiger partial charge on any atom is 0.142 e. The molecule has 0 amide bonds. The summed E-state index contributed by atoms with van der Waals surface area (Å²) in [5, 5.41) is 0. The van der Waals surface area contributed by atoms with Crippen molar-refractivity contribution in [3.8, 4) is 0 Å². The largest absolute Gasteiger partial charge is 0.399 e. The van der Waals surface area contributed by atoms with Gasteiger partial charge < -0.3 is 5.73 Å². The average Bonchev–Trinajstić information content (AvgIpc) is 2.26. The van der Waals surface area contributed by atoms with Gasteiger partial charge in [-0.05, 0) is 35.9 Å². The molecule has 0 fully saturated rings. The summed E-state index contributed by atoms with van der Waals surface area (Å²) in [5.41, 5.74) is 6.05. The fourth-order valence-electron chi connectivity index (χ4n) is 1.65. The minimum absolute atomic E-state index is 0.0927. The lowest BCUT2D eigenvalue weighted by Gasteiger charge is -2.05. The molecule has 0 saturated heterocycles. The minimum Gasteiger partial charge on any atom is -0.399 e. The molecule has 2 aromatic carbocycles. The Labute approximate surface area is 110 Å². The van der Waals surface area contributed by atoms with Gasteiger partial charge in [-0.15, -0.1) is 0 Å². The van der Waals surface area contributed by atoms with Crippen molar-refractivity contribution >= 4 is 16.5 Å². The van der Waals surface area contributed by atoms with Crippen LogP contribution in [0.3, 0.4) is 0 Å². The molecule has 0 aliphatic rings. The zero-order valence-corrected chi connectivity index (χ0v) is 10.5. The van der Waals surface area contributed by atoms with Gasteiger partial charge in [0, 0.05) is 11.8 Å². The van der Waals surface area contributed by atoms with Crippen LogP contribution in [0.2, 0.25) is 0 Å². The molecule has 0 saturated carbocycles. The van der Waals surface area contributed by atoms with Crippen LogP contribution in [0.1, 0.15) is 5.56 Å². The van der Waals surface area contributed by atoms with Crippen molar-refractivity contribution < 1.29 is 17.4 Å². The smallest absolute Gasteiger partial charge is 0.142 e. The van der Waals surface area contributed by atoms with Crippen LogP contribution in [-0.4, -0.2) is 4.21 Å². The first-order valence-corrected chi connectivity index (χ1v) is 6.66. The maximum atomic E-state index is 13.4. The second kappa shape index (κ2) is 5.44. The number of benzene rings is 2. The van der Waals surface area contributed by atoms with E-state index in [1.54, 1.807) is 0 Å². The maximum absolute atomic E-state index is 13.4. The van der Waals surface area contributed by atoms with Crippen molar-refractivity contribution in [2.75, 3.05) is 5.73 Å². The molecule has 0 aromatic heterocycles. The molecule has 0 radical (unpaired) electrons. The SMILES string of the molecule is Nc1cc(F)cc(CS(=O)c2ccc(F)cc2F)c1. The summed E-state index contributed by atoms with van der Waals surface area (Å²) in [7, 11) is -1.73. The monoisotopic (exact) mass is 285 g/mol. The van der Waals surface area contributed by atoms with Crippen LogP contribution in [0.5, 0.6) is 0 Å². The summed E-state index contributed by atoms with van der Waals surface area (Å²) in [6.45, 7) is 0. The van der Waals surface area contributed by atoms with E-state index >= 15 is 0 Å². The molecule has 2 N–H and O–H groups in total. The molecule has 0 spiro atoms. The van der Waals surface area contributed by atoms with Gasteiger partial charge in [-0.3, -0.25) is 4.21 Å². The van der Waals surface area contributed by atoms with Gasteiger partial charge in [0.15, 0.2) is 0 Å². The highest BCUT2D eigenvalue weighted by Gasteiger charge is 2.12. The molecule has 2 rings (SSSR count). The zero-order valence-electron chi connectivity index (χ0n) is 9.70. The molecule has 6 heteroatoms. The molecule has 0 aliphatic heterocycles. The molecule has 0 heterocycles. The summed E-state index contributed by atoms with van der Waals surface area (Å²) < 4.78 is 51.2. The molecule has 1 atom stereocenters. The predicted octanol–water partition coefficient (Wildman–Crippen LogP) is 2.99. The Morgan fingerprint density at radius 2 is 1.74 bits per heavy atom. The van der Waals surface area contributed by atoms with Crippen LogP contribution in [-0.2, 0) is 16.6 Å². The van der Waals surface area contributed by atoms with Gasteiger partial charge >= 0.3 is 0 Å². The van der Waals surface area contributed by atoms with Gasteiger partial charge in [0.2, 0.25) is 0 Å². The highest BCUT2D eigenvalue weighted by molar-refractivity contribution is 7.84. The second-order valence-electron chi connectivity index (χ2n) is 3.96. The van der Waals surface area contributed by atoms with Crippen LogP contribution >= 0.6 is 0 Å². The van der Waals surface area contributed by atoms with Crippen molar-refractivity contribution in [3.63, 3.8) is 0 Å². The van der Waals surface area contributed by atoms with Crippen LogP contribution in [0.25, 0.3) is 0 Å². The summed E-state index contributed by atoms with van der Waals surface area (Å²) in [6, 6.07) is 6.57. The van der Waals surface area contributed by atoms with Gasteiger partial charge in [-0.1, -0.05) is 0 Å². The highest BCUT2D eigenvalue weighted by atomic mass is 32.2. The highest BCUT2D eigenvalue weighted by Crippen LogP contribution is 2.19. The van der Waals surface area contributed by atoms with Gasteiger partial charge in [0.25, 0.3) is 0 Å². The zero-order chi connectivity index (χ0) is 14.0. The third kappa shape index (κ3) is 3.35. The summed E-state index contributed by atoms with van der Waals surface area (Å²) in [4.78, 5) is -0.121. The van der Waals surface area contributed by atoms with E-state index in [0.717, 1.165) is 18.2 Å². The van der Waals surface area contributed by atoms with Crippen LogP contribution in [0, 0.1) is 17.5 Å². The van der Waals surface area contributed by atoms with Crippen molar-refractivity contribution in [3.05, 3.63) is 59.4 Å². The molecule has 19 heavy (non-hydrogen) atoms. The number of rotatable bonds is 3. The van der Waals surface area contributed by atoms with Crippen molar-refractivity contribution in [2.24, 2.45) is 0 Å². The number of hydrogen-bond acceptors (Lipinski definition) is 2. The van der Waals surface area contributed by atoms with E-state index in [4.69, 9.17) is 5.73 Å². The van der Waals surface area contributed by atoms with E-state index in [1.165, 1.54) is 12.1 Å². The van der Waals surface area contributed by atoms with E-state index in [9.17, 15) is 17.4 Å². The number of nitrogens with two attached hydrogens (primary N) is 1. The lowest BCUT2D eigenvalue weighted by atomic mass is 10.2. The van der Waals surface area contributed by atoms with Gasteiger partial charge in [0.05, 0.1) is 21.4 Å². The molecule has 100 valence electrons. The number of halogens is 3. The fraction of sp³-hybridized carbons (Fsp3) is 0.0769. The standard InChI is InChI=1S/C13H10F3NOS/c14-9-1-2-13(12(16)6-9)19(18)7-8-3-10(15)5-11(17)4-8/h1-6H,7,17H2. The first kappa shape index (κ1) is 13.6. The Morgan fingerprint density at radius 3 is 2.37 bits per heavy atom. The Kier molecular flexibility index (Phi) is 3.90. The number of anilines is 1. The Bertz CT molecular complexity index is 626. The van der Waals surface area contributed by atoms with Crippen LogP contribution in [0.15, 0.2) is 41.3 Å². The summed E-state index contributed by atoms with van der Waals surface area (Å²) in [5.74, 6) is -2.27. The van der Waals surface area contributed by atoms with Crippen LogP contribution < -0.4 is 5.73 Å². The van der Waals surface area contributed by atoms with Crippen LogP contribution in [0.4, 0.5) is 18.9 Å². The summed E-state index contributed by atoms with van der Waals surface area (Å²) >= 11 is 0. The second-order valence-corrected chi connectivity index (χ2v) is 5.38. The third-order valence-corrected chi connectivity index (χ3v) is 3.83. The quantitative estimate of drug-likeness (QED) is 0.881. The number of hydrogen-bond donors (Lipinski definition) is 1. The van der Waals surface area contributed by atoms with Crippen molar-refractivity contribution in [1.29, 1.82) is 0 Å². The van der Waals surface area contributed by atoms with E-state index in [2.05, 4.69) is 0 Å². The molecule has 2 nitrogen and oxygen atoms in total. The van der Waals surface area contributed by atoms with Gasteiger partial charge in [-0.25, -0.2) is 13.2 Å². The average molecular weight is 285 g/mol. The lowest BCUT2D eigenvalue weighted by Crippen LogP contribution is -2.01. The summed E-state index contributed by atoms with van der Waals surface area (Å²) in [6.07, 6.45) is 0. The topological polar surface area (TPSA) is 43.1 Å². The molecule has 1 unspecified atom stereocenters. The molecule has 0 bridgehead atoms. The number of nitrogen functional groups attached to an aromatic ring is 1. The Balaban J connectivity index is 2.25. The van der Waals surface area contributed by atoms with E-state index in [1.807, 2.05) is 0 Å². The Hall–Kier alpha value is -1.82. The van der Waals surface area contributed by atoms with Gasteiger partial charge in [0.1, 0.15) is 17.5 Å². The van der Waals surface area contributed by atoms with E-state index in [-0.39, 0.29) is 16.3 Å². The van der Waals surface area contributed by atoms with Crippen molar-refractivity contribution in [2.45, 2.75) is 10.6 Å². The molecular formula is C13H10F3NOS. The fourth-order valence-corrected chi connectivity index (χ4v) is 2.77. The van der Waals surface area contributed by atoms with Crippen molar-refractivity contribution in [1.82, 2.24) is 0 Å². The van der Waals surface area contributed by atoms with Gasteiger partial charge in [-0.2, -0.15) is 0 Å². The minimum atomic E-state index is -1.73. The molecular weight excluding hydrogens is 275 g/mol. The lowest BCUT2D eigenvalue weighted by molar-refractivity contribution is 0.562. The third-order valence-electron chi connectivity index (χ3n) is 2.42.